The van der Waals surface area contributed by atoms with Crippen molar-refractivity contribution in [1.29, 1.82) is 0 Å². The normalized spacial score (nSPS) is 12.5. The maximum absolute atomic E-state index is 10.9. The van der Waals surface area contributed by atoms with Crippen molar-refractivity contribution < 1.29 is 4.92 Å². The van der Waals surface area contributed by atoms with Crippen LogP contribution in [0.4, 0.5) is 5.82 Å². The summed E-state index contributed by atoms with van der Waals surface area (Å²) in [5.41, 5.74) is 6.13. The lowest BCUT2D eigenvalue weighted by Crippen LogP contribution is -2.22. The topological polar surface area (TPSA) is 99.0 Å². The highest BCUT2D eigenvalue weighted by Gasteiger charge is 2.17. The third kappa shape index (κ3) is 7.56. The monoisotopic (exact) mass is 325 g/mol. The highest BCUT2D eigenvalue weighted by molar-refractivity contribution is 5.18. The molecule has 3 N–H and O–H groups in total. The summed E-state index contributed by atoms with van der Waals surface area (Å²) in [6.45, 7) is 6.63. The van der Waals surface area contributed by atoms with E-state index in [1.807, 2.05) is 0 Å². The van der Waals surface area contributed by atoms with E-state index in [0.29, 0.717) is 12.4 Å². The summed E-state index contributed by atoms with van der Waals surface area (Å²) < 4.78 is 1.64. The Bertz CT molecular complexity index is 461. The summed E-state index contributed by atoms with van der Waals surface area (Å²) >= 11 is 0. The number of imidazole rings is 1. The number of rotatable bonds is 13. The molecule has 1 heterocycles. The second-order valence-corrected chi connectivity index (χ2v) is 6.03. The highest BCUT2D eigenvalue weighted by atomic mass is 16.6. The molecule has 132 valence electrons. The lowest BCUT2D eigenvalue weighted by atomic mass is 10.0. The molecule has 1 atom stereocenters. The van der Waals surface area contributed by atoms with Gasteiger partial charge in [-0.15, -0.1) is 0 Å². The fourth-order valence-corrected chi connectivity index (χ4v) is 2.68. The fourth-order valence-electron chi connectivity index (χ4n) is 2.68. The van der Waals surface area contributed by atoms with Gasteiger partial charge >= 0.3 is 5.82 Å². The molecule has 1 rings (SSSR count). The first-order chi connectivity index (χ1) is 11.1. The van der Waals surface area contributed by atoms with E-state index in [0.717, 1.165) is 32.4 Å². The van der Waals surface area contributed by atoms with Gasteiger partial charge in [0.15, 0.2) is 5.82 Å². The predicted octanol–water partition coefficient (Wildman–Crippen LogP) is 2.77. The van der Waals surface area contributed by atoms with Crippen LogP contribution in [-0.4, -0.2) is 33.6 Å². The SMILES string of the molecule is CCNCCCCCCCC(N)CCn1c([N+](=O)[O-])cnc1C. The molecular formula is C16H31N5O2. The minimum Gasteiger partial charge on any atom is -0.358 e. The van der Waals surface area contributed by atoms with Crippen molar-refractivity contribution >= 4 is 5.82 Å². The average Bonchev–Trinajstić information content (AvgIpc) is 2.89. The zero-order valence-corrected chi connectivity index (χ0v) is 14.5. The Balaban J connectivity index is 2.14. The van der Waals surface area contributed by atoms with Crippen molar-refractivity contribution in [3.8, 4) is 0 Å². The second kappa shape index (κ2) is 11.1. The van der Waals surface area contributed by atoms with E-state index in [-0.39, 0.29) is 16.8 Å². The molecule has 0 saturated heterocycles. The predicted molar refractivity (Wildman–Crippen MR) is 92.5 cm³/mol. The molecule has 0 spiro atoms. The Morgan fingerprint density at radius 3 is 2.70 bits per heavy atom. The molecule has 0 aliphatic carbocycles. The van der Waals surface area contributed by atoms with Crippen molar-refractivity contribution in [3.05, 3.63) is 22.1 Å². The van der Waals surface area contributed by atoms with Gasteiger partial charge in [-0.1, -0.05) is 32.6 Å². The summed E-state index contributed by atoms with van der Waals surface area (Å²) in [7, 11) is 0. The summed E-state index contributed by atoms with van der Waals surface area (Å²) in [4.78, 5) is 14.5. The molecule has 1 aromatic heterocycles. The zero-order chi connectivity index (χ0) is 17.1. The van der Waals surface area contributed by atoms with Crippen LogP contribution in [0.1, 0.15) is 57.7 Å². The smallest absolute Gasteiger partial charge is 0.342 e. The van der Waals surface area contributed by atoms with Crippen LogP contribution in [0.5, 0.6) is 0 Å². The van der Waals surface area contributed by atoms with Crippen molar-refractivity contribution in [2.45, 2.75) is 71.4 Å². The van der Waals surface area contributed by atoms with Gasteiger partial charge in [0.25, 0.3) is 0 Å². The molecule has 1 aromatic rings. The van der Waals surface area contributed by atoms with E-state index >= 15 is 0 Å². The van der Waals surface area contributed by atoms with Gasteiger partial charge in [0.1, 0.15) is 6.20 Å². The number of nitrogens with two attached hydrogens (primary N) is 1. The van der Waals surface area contributed by atoms with Gasteiger partial charge in [-0.2, -0.15) is 0 Å². The zero-order valence-electron chi connectivity index (χ0n) is 14.5. The molecule has 0 aliphatic rings. The quantitative estimate of drug-likeness (QED) is 0.330. The number of nitro groups is 1. The van der Waals surface area contributed by atoms with Crippen molar-refractivity contribution in [1.82, 2.24) is 14.9 Å². The Morgan fingerprint density at radius 2 is 2.00 bits per heavy atom. The van der Waals surface area contributed by atoms with E-state index in [1.165, 1.54) is 31.9 Å². The lowest BCUT2D eigenvalue weighted by Gasteiger charge is -2.11. The molecule has 0 saturated carbocycles. The van der Waals surface area contributed by atoms with Crippen LogP contribution in [0.2, 0.25) is 0 Å². The number of hydrogen-bond donors (Lipinski definition) is 2. The van der Waals surface area contributed by atoms with Gasteiger partial charge in [-0.25, -0.2) is 9.55 Å². The number of nitrogens with zero attached hydrogens (tertiary/aromatic N) is 3. The molecule has 7 heteroatoms. The second-order valence-electron chi connectivity index (χ2n) is 6.03. The van der Waals surface area contributed by atoms with Gasteiger partial charge in [0, 0.05) is 19.4 Å². The lowest BCUT2D eigenvalue weighted by molar-refractivity contribution is -0.392. The van der Waals surface area contributed by atoms with Gasteiger partial charge in [-0.3, -0.25) is 0 Å². The van der Waals surface area contributed by atoms with Crippen molar-refractivity contribution in [2.75, 3.05) is 13.1 Å². The van der Waals surface area contributed by atoms with Crippen LogP contribution in [0.3, 0.4) is 0 Å². The number of nitrogens with one attached hydrogen (secondary N) is 1. The molecule has 0 radical (unpaired) electrons. The Hall–Kier alpha value is -1.47. The van der Waals surface area contributed by atoms with Crippen LogP contribution in [0.15, 0.2) is 6.20 Å². The minimum absolute atomic E-state index is 0.0513. The molecule has 0 aliphatic heterocycles. The minimum atomic E-state index is -0.390. The average molecular weight is 325 g/mol. The molecule has 1 unspecified atom stereocenters. The van der Waals surface area contributed by atoms with Crippen molar-refractivity contribution in [2.24, 2.45) is 5.73 Å². The third-order valence-corrected chi connectivity index (χ3v) is 4.12. The summed E-state index contributed by atoms with van der Waals surface area (Å²) in [6.07, 6.45) is 9.15. The van der Waals surface area contributed by atoms with Crippen LogP contribution in [0.25, 0.3) is 0 Å². The van der Waals surface area contributed by atoms with Gasteiger partial charge in [0.2, 0.25) is 0 Å². The van der Waals surface area contributed by atoms with Crippen LogP contribution < -0.4 is 11.1 Å². The summed E-state index contributed by atoms with van der Waals surface area (Å²) in [5, 5.41) is 14.3. The standard InChI is InChI=1S/C16H31N5O2/c1-3-18-11-8-6-4-5-7-9-15(17)10-12-20-14(2)19-13-16(20)21(22)23/h13,15,18H,3-12,17H2,1-2H3. The van der Waals surface area contributed by atoms with Crippen LogP contribution in [-0.2, 0) is 6.54 Å². The van der Waals surface area contributed by atoms with Crippen LogP contribution in [0, 0.1) is 17.0 Å². The molecule has 23 heavy (non-hydrogen) atoms. The number of unbranched alkanes of at least 4 members (excludes halogenated alkanes) is 4. The maximum Gasteiger partial charge on any atom is 0.342 e. The highest BCUT2D eigenvalue weighted by Crippen LogP contribution is 2.15. The third-order valence-electron chi connectivity index (χ3n) is 4.12. The van der Waals surface area contributed by atoms with Crippen molar-refractivity contribution in [3.63, 3.8) is 0 Å². The first-order valence-corrected chi connectivity index (χ1v) is 8.69. The Labute approximate surface area is 138 Å². The fraction of sp³-hybridized carbons (Fsp3) is 0.812. The van der Waals surface area contributed by atoms with Gasteiger partial charge < -0.3 is 21.2 Å². The van der Waals surface area contributed by atoms with Gasteiger partial charge in [-0.05, 0) is 30.9 Å². The number of aromatic nitrogens is 2. The number of hydrogen-bond acceptors (Lipinski definition) is 5. The van der Waals surface area contributed by atoms with E-state index < -0.39 is 0 Å². The molecule has 0 aromatic carbocycles. The maximum atomic E-state index is 10.9. The number of aryl methyl sites for hydroxylation is 1. The molecule has 7 nitrogen and oxygen atoms in total. The first kappa shape index (κ1) is 19.6. The van der Waals surface area contributed by atoms with Gasteiger partial charge in [0.05, 0.1) is 6.54 Å². The van der Waals surface area contributed by atoms with E-state index in [4.69, 9.17) is 5.73 Å². The molecular weight excluding hydrogens is 294 g/mol. The van der Waals surface area contributed by atoms with Crippen LogP contribution >= 0.6 is 0 Å². The summed E-state index contributed by atoms with van der Waals surface area (Å²) in [6, 6.07) is 0.0955. The largest absolute Gasteiger partial charge is 0.358 e. The van der Waals surface area contributed by atoms with E-state index in [1.54, 1.807) is 11.5 Å². The van der Waals surface area contributed by atoms with E-state index in [2.05, 4.69) is 17.2 Å². The van der Waals surface area contributed by atoms with E-state index in [9.17, 15) is 10.1 Å². The Kier molecular flexibility index (Phi) is 9.47. The summed E-state index contributed by atoms with van der Waals surface area (Å²) in [5.74, 6) is 0.722. The molecule has 0 bridgehead atoms. The molecule has 0 fully saturated rings. The molecule has 0 amide bonds. The Morgan fingerprint density at radius 1 is 1.30 bits per heavy atom. The first-order valence-electron chi connectivity index (χ1n) is 8.69.